The summed E-state index contributed by atoms with van der Waals surface area (Å²) in [4.78, 5) is 14.4. The summed E-state index contributed by atoms with van der Waals surface area (Å²) >= 11 is 0. The van der Waals surface area contributed by atoms with Gasteiger partial charge >= 0.3 is 18.5 Å². The Hall–Kier alpha value is -3.50. The molecule has 3 aromatic rings. The Morgan fingerprint density at radius 1 is 0.625 bits per heavy atom. The van der Waals surface area contributed by atoms with Gasteiger partial charge in [-0.05, 0) is 52.8 Å². The summed E-state index contributed by atoms with van der Waals surface area (Å²) in [7, 11) is 0. The molecule has 0 aromatic heterocycles. The zero-order valence-electron chi connectivity index (χ0n) is 21.7. The first kappa shape index (κ1) is 31.0. The van der Waals surface area contributed by atoms with Crippen molar-refractivity contribution >= 4 is 5.91 Å². The summed E-state index contributed by atoms with van der Waals surface area (Å²) in [5.41, 5.74) is -3.57. The highest BCUT2D eigenvalue weighted by molar-refractivity contribution is 5.94. The minimum Gasteiger partial charge on any atom is -0.334 e. The van der Waals surface area contributed by atoms with E-state index in [2.05, 4.69) is 0 Å². The average Bonchev–Trinajstić information content (AvgIpc) is 2.84. The number of alkyl halides is 9. The van der Waals surface area contributed by atoms with Crippen LogP contribution in [0.2, 0.25) is 0 Å². The molecule has 3 rings (SSSR count). The van der Waals surface area contributed by atoms with Crippen LogP contribution in [0.25, 0.3) is 0 Å². The van der Waals surface area contributed by atoms with Crippen LogP contribution < -0.4 is 0 Å². The lowest BCUT2D eigenvalue weighted by Crippen LogP contribution is -2.33. The summed E-state index contributed by atoms with van der Waals surface area (Å²) < 4.78 is 120. The number of amides is 1. The lowest BCUT2D eigenvalue weighted by Gasteiger charge is -2.25. The lowest BCUT2D eigenvalue weighted by atomic mass is 9.87. The van der Waals surface area contributed by atoms with Crippen molar-refractivity contribution in [2.24, 2.45) is 0 Å². The van der Waals surface area contributed by atoms with Crippen LogP contribution in [0.3, 0.4) is 0 Å². The van der Waals surface area contributed by atoms with Gasteiger partial charge in [0.05, 0.1) is 16.7 Å². The standard InChI is InChI=1S/C29H26F9NO/c1-26(2,3)21-9-7-19(8-10-21)17-39(12-11-18-5-4-6-22(13-18)27(30,31)32)25(40)20-14-23(28(33,34)35)16-24(15-20)29(36,37)38/h4-10,13-16H,11-12,17H2,1-3H3. The lowest BCUT2D eigenvalue weighted by molar-refractivity contribution is -0.143. The number of hydrogen-bond donors (Lipinski definition) is 0. The Bertz CT molecular complexity index is 1300. The van der Waals surface area contributed by atoms with E-state index in [4.69, 9.17) is 0 Å². The number of rotatable bonds is 6. The van der Waals surface area contributed by atoms with E-state index in [-0.39, 0.29) is 36.6 Å². The van der Waals surface area contributed by atoms with Gasteiger partial charge in [-0.25, -0.2) is 0 Å². The molecule has 11 heteroatoms. The van der Waals surface area contributed by atoms with Crippen LogP contribution >= 0.6 is 0 Å². The van der Waals surface area contributed by atoms with Crippen molar-refractivity contribution in [2.45, 2.75) is 57.7 Å². The van der Waals surface area contributed by atoms with E-state index in [1.165, 1.54) is 12.1 Å². The number of carbonyl (C=O) groups is 1. The molecular formula is C29H26F9NO. The summed E-state index contributed by atoms with van der Waals surface area (Å²) in [5.74, 6) is -1.12. The number of carbonyl (C=O) groups excluding carboxylic acids is 1. The topological polar surface area (TPSA) is 20.3 Å². The van der Waals surface area contributed by atoms with Gasteiger partial charge in [-0.2, -0.15) is 39.5 Å². The zero-order chi connectivity index (χ0) is 30.1. The largest absolute Gasteiger partial charge is 0.416 e. The van der Waals surface area contributed by atoms with E-state index in [0.717, 1.165) is 22.6 Å². The number of nitrogens with zero attached hydrogens (tertiary/aromatic N) is 1. The third-order valence-corrected chi connectivity index (χ3v) is 6.24. The Kier molecular flexibility index (Phi) is 8.67. The molecular weight excluding hydrogens is 549 g/mol. The van der Waals surface area contributed by atoms with Crippen molar-refractivity contribution in [3.8, 4) is 0 Å². The first-order valence-corrected chi connectivity index (χ1v) is 12.1. The first-order chi connectivity index (χ1) is 18.2. The molecule has 2 nitrogen and oxygen atoms in total. The third kappa shape index (κ3) is 8.02. The molecule has 1 amide bonds. The van der Waals surface area contributed by atoms with E-state index in [1.807, 2.05) is 20.8 Å². The van der Waals surface area contributed by atoms with E-state index in [1.54, 1.807) is 24.3 Å². The fourth-order valence-corrected chi connectivity index (χ4v) is 4.01. The van der Waals surface area contributed by atoms with Crippen molar-refractivity contribution in [1.29, 1.82) is 0 Å². The van der Waals surface area contributed by atoms with Crippen LogP contribution in [-0.2, 0) is 36.9 Å². The van der Waals surface area contributed by atoms with Crippen molar-refractivity contribution in [3.63, 3.8) is 0 Å². The molecule has 0 spiro atoms. The maximum Gasteiger partial charge on any atom is 0.416 e. The van der Waals surface area contributed by atoms with Crippen molar-refractivity contribution < 1.29 is 44.3 Å². The second-order valence-corrected chi connectivity index (χ2v) is 10.4. The molecule has 0 atom stereocenters. The smallest absolute Gasteiger partial charge is 0.334 e. The molecule has 40 heavy (non-hydrogen) atoms. The Morgan fingerprint density at radius 3 is 1.62 bits per heavy atom. The van der Waals surface area contributed by atoms with Crippen molar-refractivity contribution in [3.05, 3.63) is 106 Å². The zero-order valence-corrected chi connectivity index (χ0v) is 21.7. The fourth-order valence-electron chi connectivity index (χ4n) is 4.01. The summed E-state index contributed by atoms with van der Waals surface area (Å²) in [6.45, 7) is 5.45. The maximum absolute atomic E-state index is 13.4. The second kappa shape index (κ2) is 11.2. The molecule has 0 fully saturated rings. The molecule has 0 unspecified atom stereocenters. The molecule has 0 aliphatic carbocycles. The van der Waals surface area contributed by atoms with Gasteiger partial charge in [-0.3, -0.25) is 4.79 Å². The molecule has 0 bridgehead atoms. The maximum atomic E-state index is 13.4. The van der Waals surface area contributed by atoms with Gasteiger partial charge in [0.2, 0.25) is 0 Å². The molecule has 3 aromatic carbocycles. The monoisotopic (exact) mass is 575 g/mol. The molecule has 0 heterocycles. The molecule has 216 valence electrons. The summed E-state index contributed by atoms with van der Waals surface area (Å²) in [5, 5.41) is 0. The number of benzene rings is 3. The van der Waals surface area contributed by atoms with E-state index in [0.29, 0.717) is 17.7 Å². The number of hydrogen-bond acceptors (Lipinski definition) is 1. The molecule has 0 saturated carbocycles. The molecule has 0 radical (unpaired) electrons. The minimum absolute atomic E-state index is 0.0744. The summed E-state index contributed by atoms with van der Waals surface area (Å²) in [6, 6.07) is 11.9. The van der Waals surface area contributed by atoms with Crippen molar-refractivity contribution in [2.75, 3.05) is 6.54 Å². The second-order valence-electron chi connectivity index (χ2n) is 10.4. The van der Waals surface area contributed by atoms with Gasteiger partial charge in [-0.1, -0.05) is 63.2 Å². The van der Waals surface area contributed by atoms with Gasteiger partial charge in [0.25, 0.3) is 5.91 Å². The van der Waals surface area contributed by atoms with Crippen LogP contribution in [0.5, 0.6) is 0 Å². The van der Waals surface area contributed by atoms with Gasteiger partial charge in [0.1, 0.15) is 0 Å². The third-order valence-electron chi connectivity index (χ3n) is 6.24. The van der Waals surface area contributed by atoms with E-state index >= 15 is 0 Å². The quantitative estimate of drug-likeness (QED) is 0.269. The van der Waals surface area contributed by atoms with Gasteiger partial charge in [0.15, 0.2) is 0 Å². The van der Waals surface area contributed by atoms with Crippen LogP contribution in [0.1, 0.15) is 64.5 Å². The highest BCUT2D eigenvalue weighted by atomic mass is 19.4. The first-order valence-electron chi connectivity index (χ1n) is 12.1. The van der Waals surface area contributed by atoms with Crippen LogP contribution in [0.4, 0.5) is 39.5 Å². The average molecular weight is 576 g/mol. The van der Waals surface area contributed by atoms with Gasteiger partial charge in [0, 0.05) is 18.7 Å². The van der Waals surface area contributed by atoms with Crippen molar-refractivity contribution in [1.82, 2.24) is 4.90 Å². The van der Waals surface area contributed by atoms with Crippen LogP contribution in [0.15, 0.2) is 66.7 Å². The molecule has 0 saturated heterocycles. The van der Waals surface area contributed by atoms with E-state index < -0.39 is 46.7 Å². The van der Waals surface area contributed by atoms with Gasteiger partial charge in [-0.15, -0.1) is 0 Å². The van der Waals surface area contributed by atoms with Gasteiger partial charge < -0.3 is 4.90 Å². The SMILES string of the molecule is CC(C)(C)c1ccc(CN(CCc2cccc(C(F)(F)F)c2)C(=O)c2cc(C(F)(F)F)cc(C(F)(F)F)c2)cc1. The fraction of sp³-hybridized carbons (Fsp3) is 0.345. The predicted molar refractivity (Wildman–Crippen MR) is 131 cm³/mol. The normalized spacial score (nSPS) is 12.9. The Labute approximate surface area is 225 Å². The molecule has 0 N–H and O–H groups in total. The number of halogens is 9. The predicted octanol–water partition coefficient (Wildman–Crippen LogP) is 8.93. The Balaban J connectivity index is 2.00. The highest BCUT2D eigenvalue weighted by Gasteiger charge is 2.38. The van der Waals surface area contributed by atoms with Crippen LogP contribution in [-0.4, -0.2) is 17.4 Å². The molecule has 0 aliphatic rings. The minimum atomic E-state index is -5.15. The summed E-state index contributed by atoms with van der Waals surface area (Å²) in [6.07, 6.45) is -15.0. The van der Waals surface area contributed by atoms with E-state index in [9.17, 15) is 44.3 Å². The Morgan fingerprint density at radius 2 is 1.15 bits per heavy atom. The van der Waals surface area contributed by atoms with Crippen LogP contribution in [0, 0.1) is 0 Å². The highest BCUT2D eigenvalue weighted by Crippen LogP contribution is 2.37. The molecule has 0 aliphatic heterocycles.